The van der Waals surface area contributed by atoms with Gasteiger partial charge in [-0.15, -0.1) is 0 Å². The van der Waals surface area contributed by atoms with Gasteiger partial charge in [-0.2, -0.15) is 0 Å². The maximum atomic E-state index is 3.35. The summed E-state index contributed by atoms with van der Waals surface area (Å²) >= 11 is 0. The molecule has 0 radical (unpaired) electrons. The molecule has 1 aromatic rings. The third-order valence-corrected chi connectivity index (χ3v) is 1.72. The minimum atomic E-state index is 0.491. The van der Waals surface area contributed by atoms with Crippen molar-refractivity contribution in [1.82, 2.24) is 0 Å². The normalized spacial score (nSPS) is 10.2. The second kappa shape index (κ2) is 4.75. The number of nitrogens with one attached hydrogen (secondary N) is 2. The predicted octanol–water partition coefficient (Wildman–Crippen LogP) is 2.94. The van der Waals surface area contributed by atoms with Crippen LogP contribution < -0.4 is 10.6 Å². The van der Waals surface area contributed by atoms with Gasteiger partial charge in [0.05, 0.1) is 0 Å². The van der Waals surface area contributed by atoms with Crippen LogP contribution in [0.15, 0.2) is 24.3 Å². The van der Waals surface area contributed by atoms with Gasteiger partial charge in [0, 0.05) is 24.0 Å². The Hall–Kier alpha value is -1.18. The van der Waals surface area contributed by atoms with Gasteiger partial charge in [-0.25, -0.2) is 0 Å². The van der Waals surface area contributed by atoms with Crippen LogP contribution in [0.4, 0.5) is 11.4 Å². The van der Waals surface area contributed by atoms with Gasteiger partial charge in [0.2, 0.25) is 0 Å². The molecule has 0 aromatic heterocycles. The summed E-state index contributed by atoms with van der Waals surface area (Å²) in [6.07, 6.45) is 0. The Labute approximate surface area is 80.4 Å². The highest BCUT2D eigenvalue weighted by Gasteiger charge is 1.94. The minimum Gasteiger partial charge on any atom is -0.385 e. The summed E-state index contributed by atoms with van der Waals surface area (Å²) in [4.78, 5) is 0. The molecular formula is C11H18N2. The van der Waals surface area contributed by atoms with Crippen molar-refractivity contribution in [2.45, 2.75) is 26.8 Å². The topological polar surface area (TPSA) is 24.1 Å². The summed E-state index contributed by atoms with van der Waals surface area (Å²) in [6.45, 7) is 7.34. The monoisotopic (exact) mass is 178 g/mol. The van der Waals surface area contributed by atoms with Gasteiger partial charge in [-0.05, 0) is 45.0 Å². The molecule has 2 N–H and O–H groups in total. The van der Waals surface area contributed by atoms with Gasteiger partial charge >= 0.3 is 0 Å². The molecule has 0 atom stereocenters. The van der Waals surface area contributed by atoms with Crippen LogP contribution in [0.3, 0.4) is 0 Å². The van der Waals surface area contributed by atoms with E-state index in [0.717, 1.165) is 6.54 Å². The number of rotatable bonds is 4. The molecule has 0 saturated heterocycles. The van der Waals surface area contributed by atoms with Crippen molar-refractivity contribution < 1.29 is 0 Å². The second-order valence-electron chi connectivity index (χ2n) is 3.41. The van der Waals surface area contributed by atoms with Gasteiger partial charge < -0.3 is 10.6 Å². The fourth-order valence-electron chi connectivity index (χ4n) is 1.22. The van der Waals surface area contributed by atoms with Gasteiger partial charge in [-0.3, -0.25) is 0 Å². The lowest BCUT2D eigenvalue weighted by molar-refractivity contribution is 0.900. The molecule has 0 aliphatic carbocycles. The van der Waals surface area contributed by atoms with Crippen LogP contribution in [0.5, 0.6) is 0 Å². The average Bonchev–Trinajstić information content (AvgIpc) is 2.08. The number of anilines is 2. The molecule has 0 aliphatic heterocycles. The first-order valence-electron chi connectivity index (χ1n) is 4.83. The Kier molecular flexibility index (Phi) is 3.62. The molecule has 0 heterocycles. The number of hydrogen-bond donors (Lipinski definition) is 2. The summed E-state index contributed by atoms with van der Waals surface area (Å²) in [7, 11) is 0. The summed E-state index contributed by atoms with van der Waals surface area (Å²) in [5.74, 6) is 0. The summed E-state index contributed by atoms with van der Waals surface area (Å²) in [6, 6.07) is 8.86. The SMILES string of the molecule is CCNc1ccc(NC(C)C)cc1. The van der Waals surface area contributed by atoms with Crippen molar-refractivity contribution in [2.24, 2.45) is 0 Å². The zero-order valence-corrected chi connectivity index (χ0v) is 8.59. The van der Waals surface area contributed by atoms with Crippen molar-refractivity contribution in [3.8, 4) is 0 Å². The highest BCUT2D eigenvalue weighted by molar-refractivity contribution is 5.53. The first-order valence-corrected chi connectivity index (χ1v) is 4.83. The molecule has 13 heavy (non-hydrogen) atoms. The van der Waals surface area contributed by atoms with Crippen molar-refractivity contribution >= 4 is 11.4 Å². The van der Waals surface area contributed by atoms with Crippen LogP contribution in [0.25, 0.3) is 0 Å². The van der Waals surface area contributed by atoms with Crippen LogP contribution in [-0.4, -0.2) is 12.6 Å². The molecule has 0 bridgehead atoms. The molecule has 2 nitrogen and oxygen atoms in total. The van der Waals surface area contributed by atoms with E-state index in [0.29, 0.717) is 6.04 Å². The molecule has 2 heteroatoms. The van der Waals surface area contributed by atoms with E-state index < -0.39 is 0 Å². The standard InChI is InChI=1S/C11H18N2/c1-4-12-10-5-7-11(8-6-10)13-9(2)3/h5-9,12-13H,4H2,1-3H3. The Balaban J connectivity index is 2.59. The van der Waals surface area contributed by atoms with Gasteiger partial charge in [0.1, 0.15) is 0 Å². The molecular weight excluding hydrogens is 160 g/mol. The summed E-state index contributed by atoms with van der Waals surface area (Å²) in [5, 5.41) is 6.61. The van der Waals surface area contributed by atoms with E-state index in [2.05, 4.69) is 55.7 Å². The molecule has 0 fully saturated rings. The Morgan fingerprint density at radius 2 is 1.62 bits per heavy atom. The van der Waals surface area contributed by atoms with Crippen molar-refractivity contribution in [1.29, 1.82) is 0 Å². The van der Waals surface area contributed by atoms with E-state index in [-0.39, 0.29) is 0 Å². The van der Waals surface area contributed by atoms with Crippen LogP contribution in [0.2, 0.25) is 0 Å². The minimum absolute atomic E-state index is 0.491. The Morgan fingerprint density at radius 1 is 1.08 bits per heavy atom. The fraction of sp³-hybridized carbons (Fsp3) is 0.455. The van der Waals surface area contributed by atoms with Crippen LogP contribution >= 0.6 is 0 Å². The third kappa shape index (κ3) is 3.36. The van der Waals surface area contributed by atoms with Crippen LogP contribution in [0.1, 0.15) is 20.8 Å². The van der Waals surface area contributed by atoms with Gasteiger partial charge in [0.15, 0.2) is 0 Å². The molecule has 1 rings (SSSR count). The number of hydrogen-bond acceptors (Lipinski definition) is 2. The van der Waals surface area contributed by atoms with E-state index in [1.807, 2.05) is 0 Å². The first kappa shape index (κ1) is 9.90. The summed E-state index contributed by atoms with van der Waals surface area (Å²) < 4.78 is 0. The molecule has 0 amide bonds. The lowest BCUT2D eigenvalue weighted by atomic mass is 10.2. The Bertz CT molecular complexity index is 239. The van der Waals surface area contributed by atoms with Crippen molar-refractivity contribution in [3.05, 3.63) is 24.3 Å². The zero-order valence-electron chi connectivity index (χ0n) is 8.59. The Morgan fingerprint density at radius 3 is 2.08 bits per heavy atom. The highest BCUT2D eigenvalue weighted by Crippen LogP contribution is 2.13. The molecule has 72 valence electrons. The highest BCUT2D eigenvalue weighted by atomic mass is 14.9. The van der Waals surface area contributed by atoms with E-state index in [9.17, 15) is 0 Å². The van der Waals surface area contributed by atoms with Crippen LogP contribution in [0, 0.1) is 0 Å². The predicted molar refractivity (Wildman–Crippen MR) is 59.4 cm³/mol. The molecule has 0 aliphatic rings. The van der Waals surface area contributed by atoms with Gasteiger partial charge in [0.25, 0.3) is 0 Å². The van der Waals surface area contributed by atoms with E-state index in [1.54, 1.807) is 0 Å². The van der Waals surface area contributed by atoms with E-state index in [1.165, 1.54) is 11.4 Å². The van der Waals surface area contributed by atoms with Gasteiger partial charge in [-0.1, -0.05) is 0 Å². The fourth-order valence-corrected chi connectivity index (χ4v) is 1.22. The second-order valence-corrected chi connectivity index (χ2v) is 3.41. The van der Waals surface area contributed by atoms with E-state index in [4.69, 9.17) is 0 Å². The third-order valence-electron chi connectivity index (χ3n) is 1.72. The number of benzene rings is 1. The smallest absolute Gasteiger partial charge is 0.0343 e. The molecule has 0 spiro atoms. The van der Waals surface area contributed by atoms with E-state index >= 15 is 0 Å². The lowest BCUT2D eigenvalue weighted by Crippen LogP contribution is -2.09. The largest absolute Gasteiger partial charge is 0.385 e. The zero-order chi connectivity index (χ0) is 9.68. The molecule has 0 saturated carbocycles. The average molecular weight is 178 g/mol. The summed E-state index contributed by atoms with van der Waals surface area (Å²) in [5.41, 5.74) is 2.36. The maximum Gasteiger partial charge on any atom is 0.0343 e. The lowest BCUT2D eigenvalue weighted by Gasteiger charge is -2.10. The van der Waals surface area contributed by atoms with Crippen molar-refractivity contribution in [2.75, 3.05) is 17.2 Å². The molecule has 0 unspecified atom stereocenters. The van der Waals surface area contributed by atoms with Crippen molar-refractivity contribution in [3.63, 3.8) is 0 Å². The quantitative estimate of drug-likeness (QED) is 0.740. The maximum absolute atomic E-state index is 3.35. The molecule has 1 aromatic carbocycles. The van der Waals surface area contributed by atoms with Crippen LogP contribution in [-0.2, 0) is 0 Å². The first-order chi connectivity index (χ1) is 6.22.